The molecule has 0 N–H and O–H groups in total. The van der Waals surface area contributed by atoms with Crippen molar-refractivity contribution in [3.63, 3.8) is 0 Å². The molecule has 2 aliphatic carbocycles. The van der Waals surface area contributed by atoms with Crippen LogP contribution >= 0.6 is 0 Å². The highest BCUT2D eigenvalue weighted by atomic mass is 16.6. The molecule has 18 nitrogen and oxygen atoms in total. The lowest BCUT2D eigenvalue weighted by atomic mass is 9.79. The van der Waals surface area contributed by atoms with Crippen LogP contribution in [0.2, 0.25) is 0 Å². The first-order valence-electron chi connectivity index (χ1n) is 25.3. The number of rotatable bonds is 25. The van der Waals surface area contributed by atoms with E-state index < -0.39 is 5.97 Å². The Bertz CT molecular complexity index is 1380. The van der Waals surface area contributed by atoms with Crippen LogP contribution in [-0.4, -0.2) is 190 Å². The standard InChI is InChI=1S/C18H31NO5.C17H29NO5.C14H25NO5/c1-22-13-14-24-18(21)16-7-5-15(6-8-16)17(20)23-12-11-19-9-3-2-4-10-19;1-21-12-13-23-17(20)15-7-3-2-6-14(15)16(19)22-11-10-18-8-4-5-9-18;1-18-11-12-20-14(17)6-5-13(16)19-10-9-15-7-3-2-4-8-15/h15-16H,2-14H2,1H3;14-15H,2-13H2,1H3;2-12H2,1H3. The van der Waals surface area contributed by atoms with Crippen molar-refractivity contribution >= 4 is 35.8 Å². The van der Waals surface area contributed by atoms with Gasteiger partial charge in [-0.15, -0.1) is 0 Å². The molecule has 0 bridgehead atoms. The van der Waals surface area contributed by atoms with Gasteiger partial charge < -0.3 is 42.6 Å². The largest absolute Gasteiger partial charge is 0.464 e. The van der Waals surface area contributed by atoms with E-state index in [1.807, 2.05) is 0 Å². The summed E-state index contributed by atoms with van der Waals surface area (Å²) in [6.07, 6.45) is 16.3. The Labute approximate surface area is 400 Å². The van der Waals surface area contributed by atoms with Crippen LogP contribution < -0.4 is 0 Å². The summed E-state index contributed by atoms with van der Waals surface area (Å²) in [5.41, 5.74) is 0. The van der Waals surface area contributed by atoms with E-state index in [0.29, 0.717) is 84.8 Å². The van der Waals surface area contributed by atoms with E-state index >= 15 is 0 Å². The highest BCUT2D eigenvalue weighted by Gasteiger charge is 2.38. The van der Waals surface area contributed by atoms with E-state index in [4.69, 9.17) is 42.6 Å². The van der Waals surface area contributed by atoms with Gasteiger partial charge in [0.15, 0.2) is 0 Å². The van der Waals surface area contributed by atoms with Gasteiger partial charge in [-0.25, -0.2) is 0 Å². The summed E-state index contributed by atoms with van der Waals surface area (Å²) in [4.78, 5) is 78.2. The van der Waals surface area contributed by atoms with Gasteiger partial charge in [-0.3, -0.25) is 43.5 Å². The smallest absolute Gasteiger partial charge is 0.309 e. The molecule has 0 aromatic rings. The molecule has 3 aliphatic heterocycles. The number of hydrogen-bond donors (Lipinski definition) is 0. The van der Waals surface area contributed by atoms with Gasteiger partial charge in [-0.1, -0.05) is 25.7 Å². The second kappa shape index (κ2) is 36.5. The van der Waals surface area contributed by atoms with Gasteiger partial charge in [0.05, 0.1) is 56.3 Å². The molecular formula is C49H85N3O15. The van der Waals surface area contributed by atoms with Crippen LogP contribution in [0.3, 0.4) is 0 Å². The second-order valence-electron chi connectivity index (χ2n) is 18.0. The third kappa shape index (κ3) is 25.7. The van der Waals surface area contributed by atoms with Crippen molar-refractivity contribution in [2.75, 3.05) is 140 Å². The number of hydrogen-bond acceptors (Lipinski definition) is 18. The molecular weight excluding hydrogens is 871 g/mol. The van der Waals surface area contributed by atoms with Crippen LogP contribution in [0, 0.1) is 23.7 Å². The molecule has 0 spiro atoms. The molecule has 0 aromatic carbocycles. The predicted molar refractivity (Wildman–Crippen MR) is 248 cm³/mol. The first-order chi connectivity index (χ1) is 32.6. The number of methoxy groups -OCH3 is 3. The van der Waals surface area contributed by atoms with Crippen molar-refractivity contribution in [1.29, 1.82) is 0 Å². The summed E-state index contributed by atoms with van der Waals surface area (Å²) in [5.74, 6) is -2.38. The van der Waals surface area contributed by atoms with Gasteiger partial charge in [0, 0.05) is 41.0 Å². The lowest BCUT2D eigenvalue weighted by Gasteiger charge is -2.28. The van der Waals surface area contributed by atoms with Gasteiger partial charge in [0.1, 0.15) is 39.6 Å². The monoisotopic (exact) mass is 956 g/mol. The Hall–Kier alpha value is -3.42. The van der Waals surface area contributed by atoms with E-state index in [0.717, 1.165) is 71.7 Å². The molecule has 2 atom stereocenters. The number of nitrogens with zero attached hydrogens (tertiary/aromatic N) is 3. The minimum atomic E-state index is -0.393. The third-order valence-corrected chi connectivity index (χ3v) is 13.0. The highest BCUT2D eigenvalue weighted by Crippen LogP contribution is 2.32. The van der Waals surface area contributed by atoms with Crippen molar-refractivity contribution in [2.45, 2.75) is 116 Å². The molecule has 386 valence electrons. The maximum atomic E-state index is 12.3. The topological polar surface area (TPSA) is 195 Å². The summed E-state index contributed by atoms with van der Waals surface area (Å²) in [6, 6.07) is 0. The Morgan fingerprint density at radius 1 is 0.343 bits per heavy atom. The number of likely N-dealkylation sites (tertiary alicyclic amines) is 3. The number of carbonyl (C=O) groups excluding carboxylic acids is 6. The first-order valence-corrected chi connectivity index (χ1v) is 25.3. The first kappa shape index (κ1) is 57.9. The summed E-state index contributed by atoms with van der Waals surface area (Å²) in [5, 5.41) is 0. The Balaban J connectivity index is 0.000000268. The summed E-state index contributed by atoms with van der Waals surface area (Å²) >= 11 is 0. The van der Waals surface area contributed by atoms with Gasteiger partial charge in [-0.2, -0.15) is 0 Å². The molecule has 3 saturated heterocycles. The van der Waals surface area contributed by atoms with E-state index in [-0.39, 0.29) is 79.6 Å². The Morgan fingerprint density at radius 3 is 1.03 bits per heavy atom. The number of carbonyl (C=O) groups is 6. The fourth-order valence-corrected chi connectivity index (χ4v) is 8.96. The third-order valence-electron chi connectivity index (χ3n) is 13.0. The molecule has 5 fully saturated rings. The molecule has 0 radical (unpaired) electrons. The molecule has 3 heterocycles. The van der Waals surface area contributed by atoms with E-state index in [1.165, 1.54) is 58.5 Å². The molecule has 0 amide bonds. The lowest BCUT2D eigenvalue weighted by Crippen LogP contribution is -2.36. The molecule has 5 aliphatic rings. The van der Waals surface area contributed by atoms with Gasteiger partial charge in [-0.05, 0) is 116 Å². The average molecular weight is 956 g/mol. The molecule has 0 aromatic heterocycles. The van der Waals surface area contributed by atoms with E-state index in [9.17, 15) is 28.8 Å². The van der Waals surface area contributed by atoms with Gasteiger partial charge >= 0.3 is 35.8 Å². The van der Waals surface area contributed by atoms with Crippen LogP contribution in [0.4, 0.5) is 0 Å². The predicted octanol–water partition coefficient (Wildman–Crippen LogP) is 4.62. The molecule has 67 heavy (non-hydrogen) atoms. The minimum absolute atomic E-state index is 0.0608. The summed E-state index contributed by atoms with van der Waals surface area (Å²) in [6.45, 7) is 12.2. The molecule has 2 unspecified atom stereocenters. The van der Waals surface area contributed by atoms with E-state index in [1.54, 1.807) is 14.2 Å². The lowest BCUT2D eigenvalue weighted by molar-refractivity contribution is -0.163. The van der Waals surface area contributed by atoms with Gasteiger partial charge in [0.25, 0.3) is 0 Å². The zero-order valence-corrected chi connectivity index (χ0v) is 41.2. The molecule has 2 saturated carbocycles. The fraction of sp³-hybridized carbons (Fsp3) is 0.878. The summed E-state index contributed by atoms with van der Waals surface area (Å²) in [7, 11) is 4.68. The van der Waals surface area contributed by atoms with Crippen LogP contribution in [-0.2, 0) is 71.4 Å². The maximum Gasteiger partial charge on any atom is 0.309 e. The number of piperidine rings is 2. The number of esters is 6. The van der Waals surface area contributed by atoms with Crippen molar-refractivity contribution < 1.29 is 71.4 Å². The zero-order valence-electron chi connectivity index (χ0n) is 41.2. The highest BCUT2D eigenvalue weighted by molar-refractivity contribution is 5.82. The Morgan fingerprint density at radius 2 is 0.642 bits per heavy atom. The SMILES string of the molecule is COCCOC(=O)C1CCC(C(=O)OCCN2CCCCC2)CC1.COCCOC(=O)C1CCCCC1C(=O)OCCN1CCCC1.COCCOC(=O)CCC(=O)OCCN1CCCCC1. The maximum absolute atomic E-state index is 12.3. The van der Waals surface area contributed by atoms with Crippen LogP contribution in [0.15, 0.2) is 0 Å². The van der Waals surface area contributed by atoms with Gasteiger partial charge in [0.2, 0.25) is 0 Å². The Kier molecular flexibility index (Phi) is 31.6. The van der Waals surface area contributed by atoms with Crippen LogP contribution in [0.25, 0.3) is 0 Å². The summed E-state index contributed by atoms with van der Waals surface area (Å²) < 4.78 is 45.7. The average Bonchev–Trinajstić information content (AvgIpc) is 3.88. The fourth-order valence-electron chi connectivity index (χ4n) is 8.96. The quantitative estimate of drug-likeness (QED) is 0.0698. The van der Waals surface area contributed by atoms with Crippen molar-refractivity contribution in [3.05, 3.63) is 0 Å². The van der Waals surface area contributed by atoms with Crippen LogP contribution in [0.1, 0.15) is 116 Å². The van der Waals surface area contributed by atoms with Crippen LogP contribution in [0.5, 0.6) is 0 Å². The zero-order chi connectivity index (χ0) is 48.3. The van der Waals surface area contributed by atoms with Crippen molar-refractivity contribution in [1.82, 2.24) is 14.7 Å². The molecule has 5 rings (SSSR count). The molecule has 18 heteroatoms. The number of ether oxygens (including phenoxy) is 9. The van der Waals surface area contributed by atoms with Crippen molar-refractivity contribution in [2.24, 2.45) is 23.7 Å². The van der Waals surface area contributed by atoms with E-state index in [2.05, 4.69) is 14.7 Å². The normalized spacial score (nSPS) is 22.4. The van der Waals surface area contributed by atoms with Crippen molar-refractivity contribution in [3.8, 4) is 0 Å². The minimum Gasteiger partial charge on any atom is -0.464 e. The second-order valence-corrected chi connectivity index (χ2v) is 18.0.